The van der Waals surface area contributed by atoms with Crippen LogP contribution in [0.4, 0.5) is 10.1 Å². The van der Waals surface area contributed by atoms with Gasteiger partial charge in [-0.2, -0.15) is 0 Å². The Balaban J connectivity index is 1.79. The summed E-state index contributed by atoms with van der Waals surface area (Å²) in [6.07, 6.45) is 0.382. The lowest BCUT2D eigenvalue weighted by atomic mass is 9.89. The Morgan fingerprint density at radius 1 is 0.955 bits per heavy atom. The second-order valence-electron chi connectivity index (χ2n) is 5.59. The molecule has 2 nitrogen and oxygen atoms in total. The maximum atomic E-state index is 13.1. The average molecular weight is 291 g/mol. The Morgan fingerprint density at radius 2 is 1.73 bits per heavy atom. The maximum absolute atomic E-state index is 13.1. The number of carbonyl (C=O) groups excluding carboxylic acids is 1. The molecule has 3 aromatic carbocycles. The van der Waals surface area contributed by atoms with Crippen molar-refractivity contribution < 1.29 is 9.18 Å². The first-order valence-electron chi connectivity index (χ1n) is 7.29. The summed E-state index contributed by atoms with van der Waals surface area (Å²) < 4.78 is 13.1. The number of hydrogen-bond donors (Lipinski definition) is 1. The minimum absolute atomic E-state index is 0.109. The van der Waals surface area contributed by atoms with Gasteiger partial charge in [0.15, 0.2) is 5.78 Å². The van der Waals surface area contributed by atoms with Gasteiger partial charge in [0.05, 0.1) is 6.04 Å². The van der Waals surface area contributed by atoms with E-state index in [-0.39, 0.29) is 17.6 Å². The molecule has 4 rings (SSSR count). The summed E-state index contributed by atoms with van der Waals surface area (Å²) in [4.78, 5) is 12.6. The van der Waals surface area contributed by atoms with Crippen LogP contribution in [-0.2, 0) is 0 Å². The van der Waals surface area contributed by atoms with Gasteiger partial charge in [-0.1, -0.05) is 42.5 Å². The van der Waals surface area contributed by atoms with Crippen LogP contribution in [0.15, 0.2) is 60.7 Å². The molecule has 1 aliphatic heterocycles. The van der Waals surface area contributed by atoms with E-state index in [2.05, 4.69) is 5.32 Å². The fourth-order valence-corrected chi connectivity index (χ4v) is 3.11. The monoisotopic (exact) mass is 291 g/mol. The van der Waals surface area contributed by atoms with Crippen LogP contribution in [0.5, 0.6) is 0 Å². The molecule has 0 fully saturated rings. The van der Waals surface area contributed by atoms with Crippen LogP contribution >= 0.6 is 0 Å². The number of rotatable bonds is 1. The van der Waals surface area contributed by atoms with Gasteiger partial charge in [0.2, 0.25) is 0 Å². The number of benzene rings is 3. The molecule has 0 amide bonds. The SMILES string of the molecule is O=C1CC(c2ccc(F)cc2)Nc2ccc3ccccc3c21. The Morgan fingerprint density at radius 3 is 2.55 bits per heavy atom. The number of anilines is 1. The van der Waals surface area contributed by atoms with Crippen molar-refractivity contribution in [2.45, 2.75) is 12.5 Å². The number of carbonyl (C=O) groups is 1. The van der Waals surface area contributed by atoms with Crippen LogP contribution in [0.25, 0.3) is 10.8 Å². The van der Waals surface area contributed by atoms with Gasteiger partial charge in [0, 0.05) is 17.7 Å². The number of fused-ring (bicyclic) bond motifs is 3. The fourth-order valence-electron chi connectivity index (χ4n) is 3.11. The highest BCUT2D eigenvalue weighted by atomic mass is 19.1. The Labute approximate surface area is 127 Å². The Hall–Kier alpha value is -2.68. The molecule has 1 unspecified atom stereocenters. The zero-order chi connectivity index (χ0) is 15.1. The lowest BCUT2D eigenvalue weighted by Crippen LogP contribution is -2.23. The highest BCUT2D eigenvalue weighted by molar-refractivity contribution is 6.14. The smallest absolute Gasteiger partial charge is 0.167 e. The van der Waals surface area contributed by atoms with Crippen LogP contribution in [0.1, 0.15) is 28.4 Å². The van der Waals surface area contributed by atoms with Gasteiger partial charge in [0.25, 0.3) is 0 Å². The summed E-state index contributed by atoms with van der Waals surface area (Å²) in [7, 11) is 0. The molecule has 108 valence electrons. The van der Waals surface area contributed by atoms with Crippen LogP contribution in [-0.4, -0.2) is 5.78 Å². The number of hydrogen-bond acceptors (Lipinski definition) is 2. The first kappa shape index (κ1) is 13.0. The molecule has 0 radical (unpaired) electrons. The molecule has 0 saturated heterocycles. The number of nitrogens with one attached hydrogen (secondary N) is 1. The zero-order valence-corrected chi connectivity index (χ0v) is 11.8. The number of ketones is 1. The molecular weight excluding hydrogens is 277 g/mol. The van der Waals surface area contributed by atoms with Crippen molar-refractivity contribution in [1.82, 2.24) is 0 Å². The van der Waals surface area contributed by atoms with Gasteiger partial charge in [-0.3, -0.25) is 4.79 Å². The molecule has 1 N–H and O–H groups in total. The molecule has 3 aromatic rings. The third-order valence-corrected chi connectivity index (χ3v) is 4.20. The van der Waals surface area contributed by atoms with Gasteiger partial charge < -0.3 is 5.32 Å². The largest absolute Gasteiger partial charge is 0.377 e. The van der Waals surface area contributed by atoms with Crippen molar-refractivity contribution in [2.24, 2.45) is 0 Å². The van der Waals surface area contributed by atoms with E-state index in [1.54, 1.807) is 12.1 Å². The fraction of sp³-hybridized carbons (Fsp3) is 0.105. The predicted molar refractivity (Wildman–Crippen MR) is 85.7 cm³/mol. The van der Waals surface area contributed by atoms with Gasteiger partial charge >= 0.3 is 0 Å². The van der Waals surface area contributed by atoms with E-state index in [1.165, 1.54) is 12.1 Å². The van der Waals surface area contributed by atoms with Crippen molar-refractivity contribution in [3.8, 4) is 0 Å². The van der Waals surface area contributed by atoms with Crippen LogP contribution < -0.4 is 5.32 Å². The molecule has 1 aliphatic rings. The molecule has 0 spiro atoms. The lowest BCUT2D eigenvalue weighted by molar-refractivity contribution is 0.0974. The molecule has 22 heavy (non-hydrogen) atoms. The van der Waals surface area contributed by atoms with Crippen LogP contribution in [0, 0.1) is 5.82 Å². The summed E-state index contributed by atoms with van der Waals surface area (Å²) in [5.41, 5.74) is 2.54. The molecule has 1 heterocycles. The summed E-state index contributed by atoms with van der Waals surface area (Å²) in [6.45, 7) is 0. The first-order valence-corrected chi connectivity index (χ1v) is 7.29. The average Bonchev–Trinajstić information content (AvgIpc) is 2.55. The van der Waals surface area contributed by atoms with Crippen LogP contribution in [0.2, 0.25) is 0 Å². The first-order chi connectivity index (χ1) is 10.7. The number of Topliss-reactive ketones (excluding diaryl/α,β-unsaturated/α-hetero) is 1. The van der Waals surface area contributed by atoms with Crippen molar-refractivity contribution in [3.63, 3.8) is 0 Å². The summed E-state index contributed by atoms with van der Waals surface area (Å²) >= 11 is 0. The Bertz CT molecular complexity index is 870. The maximum Gasteiger partial charge on any atom is 0.167 e. The van der Waals surface area contributed by atoms with Gasteiger partial charge in [-0.25, -0.2) is 4.39 Å². The molecule has 0 bridgehead atoms. The van der Waals surface area contributed by atoms with Gasteiger partial charge in [0.1, 0.15) is 5.82 Å². The van der Waals surface area contributed by atoms with Crippen molar-refractivity contribution in [3.05, 3.63) is 77.6 Å². The standard InChI is InChI=1S/C19H14FNO/c20-14-8-5-13(6-9-14)17-11-18(22)19-15-4-2-1-3-12(15)7-10-16(19)21-17/h1-10,17,21H,11H2. The minimum Gasteiger partial charge on any atom is -0.377 e. The molecule has 1 atom stereocenters. The van der Waals surface area contributed by atoms with E-state index in [9.17, 15) is 9.18 Å². The summed E-state index contributed by atoms with van der Waals surface area (Å²) in [5.74, 6) is -0.142. The third kappa shape index (κ3) is 2.06. The zero-order valence-electron chi connectivity index (χ0n) is 11.8. The summed E-state index contributed by atoms with van der Waals surface area (Å²) in [5, 5.41) is 5.46. The highest BCUT2D eigenvalue weighted by Crippen LogP contribution is 2.36. The molecular formula is C19H14FNO. The molecule has 0 aliphatic carbocycles. The molecule has 0 saturated carbocycles. The minimum atomic E-state index is -0.266. The van der Waals surface area contributed by atoms with E-state index >= 15 is 0 Å². The Kier molecular flexibility index (Phi) is 2.93. The van der Waals surface area contributed by atoms with Crippen molar-refractivity contribution >= 4 is 22.2 Å². The van der Waals surface area contributed by atoms with E-state index in [0.29, 0.717) is 6.42 Å². The van der Waals surface area contributed by atoms with Crippen LogP contribution in [0.3, 0.4) is 0 Å². The van der Waals surface area contributed by atoms with Gasteiger partial charge in [-0.05, 0) is 34.5 Å². The van der Waals surface area contributed by atoms with E-state index in [1.807, 2.05) is 36.4 Å². The number of halogens is 1. The second kappa shape index (κ2) is 4.95. The van der Waals surface area contributed by atoms with E-state index < -0.39 is 0 Å². The van der Waals surface area contributed by atoms with Crippen molar-refractivity contribution in [2.75, 3.05) is 5.32 Å². The highest BCUT2D eigenvalue weighted by Gasteiger charge is 2.27. The van der Waals surface area contributed by atoms with Gasteiger partial charge in [-0.15, -0.1) is 0 Å². The topological polar surface area (TPSA) is 29.1 Å². The van der Waals surface area contributed by atoms with E-state index in [0.717, 1.165) is 27.6 Å². The lowest BCUT2D eigenvalue weighted by Gasteiger charge is -2.27. The third-order valence-electron chi connectivity index (χ3n) is 4.20. The quantitative estimate of drug-likeness (QED) is 0.703. The van der Waals surface area contributed by atoms with Crippen molar-refractivity contribution in [1.29, 1.82) is 0 Å². The molecule has 0 aromatic heterocycles. The molecule has 3 heteroatoms. The van der Waals surface area contributed by atoms with E-state index in [4.69, 9.17) is 0 Å². The summed E-state index contributed by atoms with van der Waals surface area (Å²) in [6, 6.07) is 18.1. The predicted octanol–water partition coefficient (Wildman–Crippen LogP) is 4.72. The second-order valence-corrected chi connectivity index (χ2v) is 5.59. The normalized spacial score (nSPS) is 17.1.